The fraction of sp³-hybridized carbons (Fsp3) is 0.429. The van der Waals surface area contributed by atoms with Crippen molar-refractivity contribution in [2.24, 2.45) is 0 Å². The lowest BCUT2D eigenvalue weighted by atomic mass is 10.1. The molecule has 0 unspecified atom stereocenters. The minimum Gasteiger partial charge on any atom is -0.493 e. The van der Waals surface area contributed by atoms with Crippen LogP contribution in [-0.2, 0) is 4.74 Å². The predicted octanol–water partition coefficient (Wildman–Crippen LogP) is 2.92. The molecule has 2 aromatic rings. The molecular formula is C14H18N2O4S. The number of aromatic nitrogens is 1. The van der Waals surface area contributed by atoms with Crippen LogP contribution in [0.3, 0.4) is 0 Å². The summed E-state index contributed by atoms with van der Waals surface area (Å²) in [6.45, 7) is 3.60. The summed E-state index contributed by atoms with van der Waals surface area (Å²) in [5.41, 5.74) is 0.918. The van der Waals surface area contributed by atoms with Crippen molar-refractivity contribution in [3.05, 3.63) is 11.6 Å². The van der Waals surface area contributed by atoms with Crippen LogP contribution in [0.25, 0.3) is 10.2 Å². The Morgan fingerprint density at radius 3 is 2.57 bits per heavy atom. The number of ether oxygens (including phenoxy) is 3. The number of fused-ring (bicyclic) bond motifs is 1. The summed E-state index contributed by atoms with van der Waals surface area (Å²) < 4.78 is 16.7. The number of nitrogens with one attached hydrogen (secondary N) is 1. The highest BCUT2D eigenvalue weighted by Gasteiger charge is 2.23. The first-order chi connectivity index (χ1) is 10.0. The third-order valence-electron chi connectivity index (χ3n) is 2.79. The second kappa shape index (κ2) is 6.17. The van der Waals surface area contributed by atoms with E-state index in [0.717, 1.165) is 4.70 Å². The second-order valence-corrected chi connectivity index (χ2v) is 5.56. The first-order valence-corrected chi connectivity index (χ1v) is 7.27. The molecule has 21 heavy (non-hydrogen) atoms. The van der Waals surface area contributed by atoms with Gasteiger partial charge in [-0.2, -0.15) is 0 Å². The van der Waals surface area contributed by atoms with E-state index in [0.29, 0.717) is 27.7 Å². The van der Waals surface area contributed by atoms with Gasteiger partial charge < -0.3 is 19.5 Å². The molecule has 114 valence electrons. The van der Waals surface area contributed by atoms with Crippen molar-refractivity contribution in [2.75, 3.05) is 26.6 Å². The Morgan fingerprint density at radius 2 is 2.05 bits per heavy atom. The minimum absolute atomic E-state index is 0.206. The van der Waals surface area contributed by atoms with Crippen LogP contribution in [0.2, 0.25) is 0 Å². The number of methoxy groups -OCH3 is 2. The molecule has 0 saturated carbocycles. The first-order valence-electron chi connectivity index (χ1n) is 6.46. The number of rotatable bonds is 5. The fourth-order valence-electron chi connectivity index (χ4n) is 1.92. The highest BCUT2D eigenvalue weighted by Crippen LogP contribution is 2.42. The Labute approximate surface area is 127 Å². The monoisotopic (exact) mass is 310 g/mol. The van der Waals surface area contributed by atoms with Crippen molar-refractivity contribution in [1.82, 2.24) is 4.98 Å². The summed E-state index contributed by atoms with van der Waals surface area (Å²) in [7, 11) is 4.86. The average molecular weight is 310 g/mol. The summed E-state index contributed by atoms with van der Waals surface area (Å²) in [6, 6.07) is 1.60. The van der Waals surface area contributed by atoms with Gasteiger partial charge in [-0.3, -0.25) is 0 Å². The summed E-state index contributed by atoms with van der Waals surface area (Å²) >= 11 is 1.39. The third kappa shape index (κ3) is 2.87. The van der Waals surface area contributed by atoms with Crippen LogP contribution < -0.4 is 14.8 Å². The lowest BCUT2D eigenvalue weighted by Crippen LogP contribution is -2.12. The molecule has 0 bridgehead atoms. The number of hydrogen-bond acceptors (Lipinski definition) is 7. The summed E-state index contributed by atoms with van der Waals surface area (Å²) in [5.74, 6) is 0.614. The molecule has 0 aliphatic heterocycles. The fourth-order valence-corrected chi connectivity index (χ4v) is 2.88. The number of carbonyl (C=O) groups is 1. The standard InChI is InChI=1S/C14H18N2O4S/c1-7(2)20-13(17)8-6-9(18-4)11(19-5)12-10(8)16-14(15-3)21-12/h6-7H,1-5H3,(H,15,16). The molecule has 1 aromatic carbocycles. The van der Waals surface area contributed by atoms with E-state index >= 15 is 0 Å². The highest BCUT2D eigenvalue weighted by atomic mass is 32.1. The van der Waals surface area contributed by atoms with Crippen molar-refractivity contribution in [3.8, 4) is 11.5 Å². The summed E-state index contributed by atoms with van der Waals surface area (Å²) in [5, 5.41) is 3.66. The van der Waals surface area contributed by atoms with Gasteiger partial charge >= 0.3 is 5.97 Å². The van der Waals surface area contributed by atoms with Gasteiger partial charge in [0.2, 0.25) is 0 Å². The Bertz CT molecular complexity index is 667. The maximum absolute atomic E-state index is 12.3. The SMILES string of the molecule is CNc1nc2c(C(=O)OC(C)C)cc(OC)c(OC)c2s1. The topological polar surface area (TPSA) is 69.7 Å². The number of nitrogens with zero attached hydrogens (tertiary/aromatic N) is 1. The van der Waals surface area contributed by atoms with Gasteiger partial charge in [-0.15, -0.1) is 0 Å². The van der Waals surface area contributed by atoms with Gasteiger partial charge in [-0.1, -0.05) is 11.3 Å². The molecule has 0 radical (unpaired) electrons. The van der Waals surface area contributed by atoms with Crippen LogP contribution in [0.1, 0.15) is 24.2 Å². The summed E-state index contributed by atoms with van der Waals surface area (Å²) in [4.78, 5) is 16.7. The number of hydrogen-bond donors (Lipinski definition) is 1. The van der Waals surface area contributed by atoms with E-state index in [2.05, 4.69) is 10.3 Å². The van der Waals surface area contributed by atoms with Crippen LogP contribution in [0.4, 0.5) is 5.13 Å². The van der Waals surface area contributed by atoms with Gasteiger partial charge in [0.15, 0.2) is 16.6 Å². The number of esters is 1. The van der Waals surface area contributed by atoms with Crippen molar-refractivity contribution in [2.45, 2.75) is 20.0 Å². The average Bonchev–Trinajstić information content (AvgIpc) is 2.88. The lowest BCUT2D eigenvalue weighted by molar-refractivity contribution is 0.0379. The molecule has 0 saturated heterocycles. The zero-order chi connectivity index (χ0) is 15.6. The molecule has 0 aliphatic carbocycles. The molecule has 1 aromatic heterocycles. The Morgan fingerprint density at radius 1 is 1.33 bits per heavy atom. The minimum atomic E-state index is -0.427. The Hall–Kier alpha value is -2.02. The van der Waals surface area contributed by atoms with Gasteiger partial charge in [0.25, 0.3) is 0 Å². The first kappa shape index (κ1) is 15.4. The van der Waals surface area contributed by atoms with Crippen LogP contribution in [0.15, 0.2) is 6.07 Å². The van der Waals surface area contributed by atoms with Crippen LogP contribution in [0, 0.1) is 0 Å². The van der Waals surface area contributed by atoms with Crippen molar-refractivity contribution in [1.29, 1.82) is 0 Å². The number of thiazole rings is 1. The van der Waals surface area contributed by atoms with Gasteiger partial charge in [0, 0.05) is 13.1 Å². The molecule has 0 aliphatic rings. The number of benzene rings is 1. The maximum atomic E-state index is 12.3. The molecular weight excluding hydrogens is 292 g/mol. The molecule has 7 heteroatoms. The molecule has 2 rings (SSSR count). The molecule has 0 fully saturated rings. The highest BCUT2D eigenvalue weighted by molar-refractivity contribution is 7.22. The van der Waals surface area contributed by atoms with E-state index in [-0.39, 0.29) is 6.10 Å². The second-order valence-electron chi connectivity index (χ2n) is 4.56. The van der Waals surface area contributed by atoms with Crippen LogP contribution in [-0.4, -0.2) is 38.3 Å². The molecule has 1 N–H and O–H groups in total. The van der Waals surface area contributed by atoms with E-state index in [4.69, 9.17) is 14.2 Å². The van der Waals surface area contributed by atoms with Crippen molar-refractivity contribution in [3.63, 3.8) is 0 Å². The van der Waals surface area contributed by atoms with E-state index in [1.807, 2.05) is 0 Å². The smallest absolute Gasteiger partial charge is 0.340 e. The van der Waals surface area contributed by atoms with Gasteiger partial charge in [-0.05, 0) is 13.8 Å². The molecule has 1 heterocycles. The van der Waals surface area contributed by atoms with Crippen LogP contribution >= 0.6 is 11.3 Å². The predicted molar refractivity (Wildman–Crippen MR) is 82.8 cm³/mol. The summed E-state index contributed by atoms with van der Waals surface area (Å²) in [6.07, 6.45) is -0.206. The Kier molecular flexibility index (Phi) is 4.52. The van der Waals surface area contributed by atoms with Crippen molar-refractivity contribution >= 4 is 32.7 Å². The van der Waals surface area contributed by atoms with E-state index < -0.39 is 5.97 Å². The molecule has 0 amide bonds. The third-order valence-corrected chi connectivity index (χ3v) is 3.86. The quantitative estimate of drug-likeness (QED) is 0.856. The van der Waals surface area contributed by atoms with Gasteiger partial charge in [0.1, 0.15) is 10.2 Å². The molecule has 0 atom stereocenters. The Balaban J connectivity index is 2.69. The van der Waals surface area contributed by atoms with Gasteiger partial charge in [0.05, 0.1) is 25.9 Å². The number of carbonyl (C=O) groups excluding carboxylic acids is 1. The van der Waals surface area contributed by atoms with Crippen molar-refractivity contribution < 1.29 is 19.0 Å². The zero-order valence-corrected chi connectivity index (χ0v) is 13.5. The van der Waals surface area contributed by atoms with Crippen LogP contribution in [0.5, 0.6) is 11.5 Å². The van der Waals surface area contributed by atoms with E-state index in [9.17, 15) is 4.79 Å². The molecule has 0 spiro atoms. The normalized spacial score (nSPS) is 10.8. The maximum Gasteiger partial charge on any atom is 0.340 e. The largest absolute Gasteiger partial charge is 0.493 e. The zero-order valence-electron chi connectivity index (χ0n) is 12.6. The lowest BCUT2D eigenvalue weighted by Gasteiger charge is -2.12. The number of anilines is 1. The van der Waals surface area contributed by atoms with E-state index in [1.54, 1.807) is 34.1 Å². The van der Waals surface area contributed by atoms with Gasteiger partial charge in [-0.25, -0.2) is 9.78 Å². The van der Waals surface area contributed by atoms with E-state index in [1.165, 1.54) is 18.4 Å². The molecule has 6 nitrogen and oxygen atoms in total.